The normalized spacial score (nSPS) is 20.9. The van der Waals surface area contributed by atoms with Crippen molar-refractivity contribution in [2.75, 3.05) is 11.5 Å². The SMILES string of the molecule is O=C(/C=C/c1cccs1)NNC(=O)[C@@H]1CCS(=O)(=O)C1. The molecule has 20 heavy (non-hydrogen) atoms. The second-order valence-corrected chi connectivity index (χ2v) is 7.64. The molecule has 0 aliphatic carbocycles. The highest BCUT2D eigenvalue weighted by Gasteiger charge is 2.32. The lowest BCUT2D eigenvalue weighted by atomic mass is 10.1. The van der Waals surface area contributed by atoms with Gasteiger partial charge < -0.3 is 0 Å². The van der Waals surface area contributed by atoms with Gasteiger partial charge in [-0.25, -0.2) is 8.42 Å². The molecule has 1 aliphatic rings. The minimum Gasteiger partial charge on any atom is -0.273 e. The smallest absolute Gasteiger partial charge is 0.262 e. The first-order valence-electron chi connectivity index (χ1n) is 5.98. The summed E-state index contributed by atoms with van der Waals surface area (Å²) >= 11 is 1.49. The maximum Gasteiger partial charge on any atom is 0.262 e. The Morgan fingerprint density at radius 1 is 1.35 bits per heavy atom. The van der Waals surface area contributed by atoms with Gasteiger partial charge in [0.1, 0.15) is 0 Å². The van der Waals surface area contributed by atoms with Gasteiger partial charge in [-0.1, -0.05) is 6.07 Å². The monoisotopic (exact) mass is 314 g/mol. The van der Waals surface area contributed by atoms with Gasteiger partial charge in [0, 0.05) is 11.0 Å². The Bertz CT molecular complexity index is 620. The van der Waals surface area contributed by atoms with E-state index in [1.54, 1.807) is 6.08 Å². The number of hydrazine groups is 1. The van der Waals surface area contributed by atoms with Crippen LogP contribution in [0.1, 0.15) is 11.3 Å². The molecule has 2 rings (SSSR count). The number of hydrogen-bond acceptors (Lipinski definition) is 5. The van der Waals surface area contributed by atoms with E-state index in [0.717, 1.165) is 4.88 Å². The highest BCUT2D eigenvalue weighted by atomic mass is 32.2. The molecular weight excluding hydrogens is 300 g/mol. The van der Waals surface area contributed by atoms with E-state index in [4.69, 9.17) is 0 Å². The second-order valence-electron chi connectivity index (χ2n) is 4.43. The number of carbonyl (C=O) groups is 2. The third-order valence-electron chi connectivity index (χ3n) is 2.85. The predicted octanol–water partition coefficient (Wildman–Crippen LogP) is 0.343. The Labute approximate surface area is 120 Å². The van der Waals surface area contributed by atoms with Gasteiger partial charge in [-0.3, -0.25) is 20.4 Å². The molecule has 6 nitrogen and oxygen atoms in total. The number of rotatable bonds is 3. The highest BCUT2D eigenvalue weighted by molar-refractivity contribution is 7.91. The summed E-state index contributed by atoms with van der Waals surface area (Å²) in [7, 11) is -3.11. The van der Waals surface area contributed by atoms with Gasteiger partial charge in [0.25, 0.3) is 5.91 Å². The van der Waals surface area contributed by atoms with Crippen molar-refractivity contribution in [3.63, 3.8) is 0 Å². The standard InChI is InChI=1S/C12H14N2O4S2/c15-11(4-3-10-2-1-6-19-10)13-14-12(16)9-5-7-20(17,18)8-9/h1-4,6,9H,5,7-8H2,(H,13,15)(H,14,16)/b4-3+/t9-/m1/s1. The van der Waals surface area contributed by atoms with E-state index < -0.39 is 27.6 Å². The molecule has 1 atom stereocenters. The summed E-state index contributed by atoms with van der Waals surface area (Å²) in [6.45, 7) is 0. The van der Waals surface area contributed by atoms with E-state index in [2.05, 4.69) is 10.9 Å². The van der Waals surface area contributed by atoms with Crippen LogP contribution in [0.4, 0.5) is 0 Å². The van der Waals surface area contributed by atoms with Crippen molar-refractivity contribution >= 4 is 39.1 Å². The van der Waals surface area contributed by atoms with Crippen molar-refractivity contribution < 1.29 is 18.0 Å². The molecular formula is C12H14N2O4S2. The first kappa shape index (κ1) is 14.7. The minimum absolute atomic E-state index is 0.0251. The van der Waals surface area contributed by atoms with E-state index in [1.807, 2.05) is 17.5 Å². The van der Waals surface area contributed by atoms with E-state index in [0.29, 0.717) is 6.42 Å². The molecule has 2 heterocycles. The van der Waals surface area contributed by atoms with Crippen LogP contribution in [0.15, 0.2) is 23.6 Å². The zero-order valence-corrected chi connectivity index (χ0v) is 12.2. The van der Waals surface area contributed by atoms with Crippen LogP contribution in [0, 0.1) is 5.92 Å². The van der Waals surface area contributed by atoms with Crippen molar-refractivity contribution in [3.05, 3.63) is 28.5 Å². The lowest BCUT2D eigenvalue weighted by Gasteiger charge is -2.09. The number of hydrogen-bond donors (Lipinski definition) is 2. The Morgan fingerprint density at radius 3 is 2.75 bits per heavy atom. The Kier molecular flexibility index (Phi) is 4.56. The van der Waals surface area contributed by atoms with Crippen LogP contribution < -0.4 is 10.9 Å². The molecule has 1 saturated heterocycles. The van der Waals surface area contributed by atoms with Gasteiger partial charge in [-0.05, 0) is 23.9 Å². The summed E-state index contributed by atoms with van der Waals surface area (Å²) in [6.07, 6.45) is 3.23. The first-order valence-corrected chi connectivity index (χ1v) is 8.68. The summed E-state index contributed by atoms with van der Waals surface area (Å²) < 4.78 is 22.5. The lowest BCUT2D eigenvalue weighted by Crippen LogP contribution is -2.44. The van der Waals surface area contributed by atoms with Gasteiger partial charge in [0.05, 0.1) is 17.4 Å². The molecule has 1 fully saturated rings. The third-order valence-corrected chi connectivity index (χ3v) is 5.46. The molecule has 0 aromatic carbocycles. The van der Waals surface area contributed by atoms with Crippen molar-refractivity contribution in [2.45, 2.75) is 6.42 Å². The van der Waals surface area contributed by atoms with Crippen LogP contribution >= 0.6 is 11.3 Å². The molecule has 0 unspecified atom stereocenters. The summed E-state index contributed by atoms with van der Waals surface area (Å²) in [5.74, 6) is -1.64. The second kappa shape index (κ2) is 6.19. The molecule has 0 saturated carbocycles. The van der Waals surface area contributed by atoms with Crippen LogP contribution in [0.25, 0.3) is 6.08 Å². The minimum atomic E-state index is -3.11. The average Bonchev–Trinajstić information content (AvgIpc) is 3.02. The van der Waals surface area contributed by atoms with Crippen LogP contribution in [-0.2, 0) is 19.4 Å². The van der Waals surface area contributed by atoms with E-state index in [-0.39, 0.29) is 11.5 Å². The molecule has 1 aromatic heterocycles. The lowest BCUT2D eigenvalue weighted by molar-refractivity contribution is -0.129. The fourth-order valence-electron chi connectivity index (χ4n) is 1.81. The Morgan fingerprint density at radius 2 is 2.15 bits per heavy atom. The molecule has 0 bridgehead atoms. The van der Waals surface area contributed by atoms with Crippen molar-refractivity contribution in [2.24, 2.45) is 5.92 Å². The van der Waals surface area contributed by atoms with Crippen LogP contribution in [0.2, 0.25) is 0 Å². The number of sulfone groups is 1. The van der Waals surface area contributed by atoms with E-state index in [9.17, 15) is 18.0 Å². The quantitative estimate of drug-likeness (QED) is 0.622. The molecule has 1 aliphatic heterocycles. The summed E-state index contributed by atoms with van der Waals surface area (Å²) in [4.78, 5) is 24.0. The van der Waals surface area contributed by atoms with Crippen LogP contribution in [0.5, 0.6) is 0 Å². The fraction of sp³-hybridized carbons (Fsp3) is 0.333. The number of carbonyl (C=O) groups excluding carboxylic acids is 2. The summed E-state index contributed by atoms with van der Waals surface area (Å²) in [6, 6.07) is 3.72. The zero-order valence-electron chi connectivity index (χ0n) is 10.5. The van der Waals surface area contributed by atoms with Gasteiger partial charge in [0.15, 0.2) is 9.84 Å². The van der Waals surface area contributed by atoms with Gasteiger partial charge >= 0.3 is 0 Å². The number of amides is 2. The maximum atomic E-state index is 11.7. The molecule has 8 heteroatoms. The first-order chi connectivity index (χ1) is 9.46. The van der Waals surface area contributed by atoms with E-state index >= 15 is 0 Å². The molecule has 108 valence electrons. The van der Waals surface area contributed by atoms with Crippen molar-refractivity contribution in [1.82, 2.24) is 10.9 Å². The predicted molar refractivity (Wildman–Crippen MR) is 76.4 cm³/mol. The van der Waals surface area contributed by atoms with Crippen LogP contribution in [0.3, 0.4) is 0 Å². The molecule has 2 amide bonds. The molecule has 0 spiro atoms. The summed E-state index contributed by atoms with van der Waals surface area (Å²) in [5.41, 5.74) is 4.48. The van der Waals surface area contributed by atoms with Crippen molar-refractivity contribution in [3.8, 4) is 0 Å². The number of thiophene rings is 1. The average molecular weight is 314 g/mol. The van der Waals surface area contributed by atoms with Gasteiger partial charge in [-0.15, -0.1) is 11.3 Å². The zero-order chi connectivity index (χ0) is 14.6. The Hall–Kier alpha value is -1.67. The van der Waals surface area contributed by atoms with Gasteiger partial charge in [0.2, 0.25) is 5.91 Å². The summed E-state index contributed by atoms with van der Waals surface area (Å²) in [5, 5.41) is 1.89. The van der Waals surface area contributed by atoms with Crippen LogP contribution in [-0.4, -0.2) is 31.7 Å². The topological polar surface area (TPSA) is 92.3 Å². The molecule has 1 aromatic rings. The largest absolute Gasteiger partial charge is 0.273 e. The third kappa shape index (κ3) is 4.17. The maximum absolute atomic E-state index is 11.7. The Balaban J connectivity index is 1.77. The molecule has 2 N–H and O–H groups in total. The van der Waals surface area contributed by atoms with Gasteiger partial charge in [-0.2, -0.15) is 0 Å². The highest BCUT2D eigenvalue weighted by Crippen LogP contribution is 2.17. The van der Waals surface area contributed by atoms with Crippen molar-refractivity contribution in [1.29, 1.82) is 0 Å². The molecule has 0 radical (unpaired) electrons. The number of nitrogens with one attached hydrogen (secondary N) is 2. The van der Waals surface area contributed by atoms with E-state index in [1.165, 1.54) is 17.4 Å². The fourth-order valence-corrected chi connectivity index (χ4v) is 4.17.